The van der Waals surface area contributed by atoms with Crippen LogP contribution in [0.3, 0.4) is 0 Å². The SMILES string of the molecule is C[C@@H]1O[C@@H](O[C@H]2[C@H](O)C[C@H](O[C@H]3[C@H](O)C[C@H](Oc4ccc(O)cc4)O[C@@H]3C)O[C@@H]2C)CC[C@@H]1O[C@H]1C[C@@H](O)[C@H](O[C@H]2C[C@@H](O[C@H]3CC[C@H](O)[C@H](C)O3)[C@H](O)[C@@H](C)O2)[C@@H](C)O1. The van der Waals surface area contributed by atoms with Gasteiger partial charge in [0.2, 0.25) is 6.29 Å². The number of rotatable bonds is 12. The van der Waals surface area contributed by atoms with Crippen LogP contribution in [0.15, 0.2) is 24.3 Å². The fourth-order valence-electron chi connectivity index (χ4n) is 8.98. The van der Waals surface area contributed by atoms with Gasteiger partial charge in [-0.25, -0.2) is 0 Å². The Morgan fingerprint density at radius 2 is 0.850 bits per heavy atom. The van der Waals surface area contributed by atoms with E-state index in [1.807, 2.05) is 6.92 Å². The summed E-state index contributed by atoms with van der Waals surface area (Å²) >= 11 is 0. The number of ether oxygens (including phenoxy) is 12. The number of hydrogen-bond acceptors (Lipinski definition) is 18. The van der Waals surface area contributed by atoms with Crippen molar-refractivity contribution in [2.75, 3.05) is 0 Å². The van der Waals surface area contributed by atoms with Gasteiger partial charge < -0.3 is 87.5 Å². The molecule has 0 aliphatic carbocycles. The van der Waals surface area contributed by atoms with Gasteiger partial charge in [-0.15, -0.1) is 0 Å². The highest BCUT2D eigenvalue weighted by molar-refractivity contribution is 5.30. The van der Waals surface area contributed by atoms with E-state index in [4.69, 9.17) is 56.8 Å². The first-order chi connectivity index (χ1) is 28.6. The minimum absolute atomic E-state index is 0.110. The smallest absolute Gasteiger partial charge is 0.202 e. The summed E-state index contributed by atoms with van der Waals surface area (Å²) in [5.74, 6) is 0.613. The first-order valence-corrected chi connectivity index (χ1v) is 21.7. The van der Waals surface area contributed by atoms with Crippen LogP contribution >= 0.6 is 0 Å². The standard InChI is InChI=1S/C42H66O18/c1-19-27(44)11-13-33(49-19)57-32-18-38(51-21(3)39(32)48)60-42-24(6)53-36(16-29(42)46)56-31-12-14-34(50-20(31)2)58-40-22(4)54-37(17-30(40)47)59-41-23(5)52-35(15-28(41)45)55-26-9-7-25(43)8-10-26/h7-10,19-24,27-48H,11-18H2,1-6H3/t19-,20-,21+,22+,23+,24+,27-,28+,29+,30+,31-,32+,33-,34-,35-,36-,37-,38-,39+,40+,41+,42+/m0/s1. The molecule has 6 N–H and O–H groups in total. The predicted octanol–water partition coefficient (Wildman–Crippen LogP) is 2.09. The van der Waals surface area contributed by atoms with Crippen molar-refractivity contribution in [3.05, 3.63) is 24.3 Å². The number of benzene rings is 1. The largest absolute Gasteiger partial charge is 0.508 e. The molecule has 0 bridgehead atoms. The highest BCUT2D eigenvalue weighted by atomic mass is 16.8. The van der Waals surface area contributed by atoms with Crippen LogP contribution in [0, 0.1) is 0 Å². The Morgan fingerprint density at radius 1 is 0.417 bits per heavy atom. The van der Waals surface area contributed by atoms with Crippen LogP contribution in [-0.4, -0.2) is 166 Å². The lowest BCUT2D eigenvalue weighted by atomic mass is 9.99. The molecule has 6 saturated heterocycles. The molecule has 0 spiro atoms. The minimum Gasteiger partial charge on any atom is -0.508 e. The second-order valence-electron chi connectivity index (χ2n) is 17.2. The number of hydrogen-bond donors (Lipinski definition) is 6. The highest BCUT2D eigenvalue weighted by Crippen LogP contribution is 2.36. The maximum Gasteiger partial charge on any atom is 0.202 e. The zero-order chi connectivity index (χ0) is 42.8. The maximum atomic E-state index is 11.2. The first kappa shape index (κ1) is 46.2. The zero-order valence-electron chi connectivity index (χ0n) is 35.3. The first-order valence-electron chi connectivity index (χ1n) is 21.7. The lowest BCUT2D eigenvalue weighted by molar-refractivity contribution is -0.342. The predicted molar refractivity (Wildman–Crippen MR) is 206 cm³/mol. The van der Waals surface area contributed by atoms with Gasteiger partial charge in [0.25, 0.3) is 0 Å². The summed E-state index contributed by atoms with van der Waals surface area (Å²) in [7, 11) is 0. The third kappa shape index (κ3) is 11.5. The molecule has 6 aliphatic rings. The topological polar surface area (TPSA) is 232 Å². The average Bonchev–Trinajstić information content (AvgIpc) is 3.18. The van der Waals surface area contributed by atoms with Gasteiger partial charge >= 0.3 is 0 Å². The van der Waals surface area contributed by atoms with Crippen molar-refractivity contribution < 1.29 is 87.5 Å². The van der Waals surface area contributed by atoms with Gasteiger partial charge in [0.1, 0.15) is 35.9 Å². The average molecular weight is 859 g/mol. The van der Waals surface area contributed by atoms with Crippen LogP contribution < -0.4 is 4.74 Å². The molecule has 6 aliphatic heterocycles. The molecule has 0 radical (unpaired) electrons. The summed E-state index contributed by atoms with van der Waals surface area (Å²) in [6.07, 6.45) is -11.8. The third-order valence-corrected chi connectivity index (χ3v) is 12.4. The molecule has 0 saturated carbocycles. The maximum absolute atomic E-state index is 11.2. The van der Waals surface area contributed by atoms with Crippen LogP contribution in [0.1, 0.15) is 92.9 Å². The summed E-state index contributed by atoms with van der Waals surface area (Å²) in [6, 6.07) is 6.24. The minimum atomic E-state index is -0.932. The van der Waals surface area contributed by atoms with Gasteiger partial charge in [-0.3, -0.25) is 0 Å². The van der Waals surface area contributed by atoms with Crippen LogP contribution in [0.25, 0.3) is 0 Å². The quantitative estimate of drug-likeness (QED) is 0.177. The Labute approximate surface area is 351 Å². The van der Waals surface area contributed by atoms with E-state index >= 15 is 0 Å². The van der Waals surface area contributed by atoms with Crippen molar-refractivity contribution >= 4 is 0 Å². The molecule has 18 nitrogen and oxygen atoms in total. The number of phenolic OH excluding ortho intramolecular Hbond substituents is 1. The molecule has 7 rings (SSSR count). The van der Waals surface area contributed by atoms with E-state index in [1.165, 1.54) is 12.1 Å². The molecule has 0 unspecified atom stereocenters. The molecule has 60 heavy (non-hydrogen) atoms. The number of aliphatic hydroxyl groups is 5. The molecule has 342 valence electrons. The Morgan fingerprint density at radius 3 is 1.42 bits per heavy atom. The van der Waals surface area contributed by atoms with Crippen molar-refractivity contribution in [2.24, 2.45) is 0 Å². The Hall–Kier alpha value is -1.82. The van der Waals surface area contributed by atoms with Gasteiger partial charge in [-0.05, 0) is 78.6 Å². The van der Waals surface area contributed by atoms with Gasteiger partial charge in [0.05, 0.1) is 73.2 Å². The summed E-state index contributed by atoms with van der Waals surface area (Å²) in [5, 5.41) is 63.7. The molecule has 0 aromatic heterocycles. The van der Waals surface area contributed by atoms with E-state index in [9.17, 15) is 30.6 Å². The Kier molecular flexibility index (Phi) is 15.7. The second-order valence-corrected chi connectivity index (χ2v) is 17.2. The fourth-order valence-corrected chi connectivity index (χ4v) is 8.98. The number of aliphatic hydroxyl groups excluding tert-OH is 5. The highest BCUT2D eigenvalue weighted by Gasteiger charge is 2.47. The fraction of sp³-hybridized carbons (Fsp3) is 0.857. The normalized spacial score (nSPS) is 48.0. The van der Waals surface area contributed by atoms with E-state index < -0.39 is 123 Å². The molecule has 0 amide bonds. The van der Waals surface area contributed by atoms with E-state index in [0.717, 1.165) is 0 Å². The molecule has 1 aromatic rings. The van der Waals surface area contributed by atoms with Gasteiger partial charge in [-0.1, -0.05) is 0 Å². The molecule has 18 heteroatoms. The van der Waals surface area contributed by atoms with Crippen molar-refractivity contribution in [3.8, 4) is 11.5 Å². The molecule has 6 heterocycles. The molecule has 22 atom stereocenters. The van der Waals surface area contributed by atoms with Crippen molar-refractivity contribution in [2.45, 2.75) is 228 Å². The lowest BCUT2D eigenvalue weighted by Crippen LogP contribution is -2.56. The van der Waals surface area contributed by atoms with Crippen LogP contribution in [0.4, 0.5) is 0 Å². The summed E-state index contributed by atoms with van der Waals surface area (Å²) < 4.78 is 73.2. The van der Waals surface area contributed by atoms with Crippen molar-refractivity contribution in [1.29, 1.82) is 0 Å². The van der Waals surface area contributed by atoms with E-state index in [1.54, 1.807) is 46.8 Å². The van der Waals surface area contributed by atoms with Gasteiger partial charge in [0, 0.05) is 38.5 Å². The molecule has 6 fully saturated rings. The van der Waals surface area contributed by atoms with Crippen LogP contribution in [0.5, 0.6) is 11.5 Å². The van der Waals surface area contributed by atoms with Crippen LogP contribution in [0.2, 0.25) is 0 Å². The Balaban J connectivity index is 0.824. The monoisotopic (exact) mass is 858 g/mol. The zero-order valence-corrected chi connectivity index (χ0v) is 35.3. The summed E-state index contributed by atoms with van der Waals surface area (Å²) in [4.78, 5) is 0. The third-order valence-electron chi connectivity index (χ3n) is 12.4. The van der Waals surface area contributed by atoms with Crippen molar-refractivity contribution in [3.63, 3.8) is 0 Å². The molecular formula is C42H66O18. The lowest BCUT2D eigenvalue weighted by Gasteiger charge is -2.45. The molecular weight excluding hydrogens is 792 g/mol. The van der Waals surface area contributed by atoms with Crippen molar-refractivity contribution in [1.82, 2.24) is 0 Å². The summed E-state index contributed by atoms with van der Waals surface area (Å²) in [6.45, 7) is 10.8. The summed E-state index contributed by atoms with van der Waals surface area (Å²) in [5.41, 5.74) is 0. The number of aromatic hydroxyl groups is 1. The molecule has 1 aromatic carbocycles. The van der Waals surface area contributed by atoms with Crippen LogP contribution in [-0.2, 0) is 52.1 Å². The Bertz CT molecular complexity index is 1440. The van der Waals surface area contributed by atoms with Gasteiger partial charge in [-0.2, -0.15) is 0 Å². The second kappa shape index (κ2) is 20.3. The van der Waals surface area contributed by atoms with E-state index in [0.29, 0.717) is 31.4 Å². The van der Waals surface area contributed by atoms with E-state index in [-0.39, 0.29) is 43.6 Å². The number of phenols is 1. The van der Waals surface area contributed by atoms with E-state index in [2.05, 4.69) is 0 Å². The van der Waals surface area contributed by atoms with Gasteiger partial charge in [0.15, 0.2) is 31.5 Å².